The molecule has 0 saturated carbocycles. The first kappa shape index (κ1) is 14.0. The Morgan fingerprint density at radius 1 is 1.24 bits per heavy atom. The van der Waals surface area contributed by atoms with Crippen LogP contribution in [0.2, 0.25) is 5.02 Å². The molecule has 0 amide bonds. The fourth-order valence-corrected chi connectivity index (χ4v) is 3.07. The number of fused-ring (bicyclic) bond motifs is 1. The van der Waals surface area contributed by atoms with Gasteiger partial charge in [0, 0.05) is 15.6 Å². The Balaban J connectivity index is 2.10. The summed E-state index contributed by atoms with van der Waals surface area (Å²) in [7, 11) is 0. The minimum Gasteiger partial charge on any atom is -0.339 e. The SMILES string of the molecule is Cc1cc2c(Nc3cc(F)cc(Cl)c3)nc(NN)nc2s1. The molecule has 2 heterocycles. The molecule has 0 unspecified atom stereocenters. The number of thiophene rings is 1. The number of nitrogens with one attached hydrogen (secondary N) is 2. The Kier molecular flexibility index (Phi) is 3.62. The molecule has 4 N–H and O–H groups in total. The maximum Gasteiger partial charge on any atom is 0.240 e. The molecule has 0 saturated heterocycles. The van der Waals surface area contributed by atoms with Gasteiger partial charge in [-0.05, 0) is 31.2 Å². The molecule has 1 aromatic carbocycles. The number of benzene rings is 1. The highest BCUT2D eigenvalue weighted by Crippen LogP contribution is 2.31. The Bertz CT molecular complexity index is 799. The van der Waals surface area contributed by atoms with Crippen molar-refractivity contribution in [2.24, 2.45) is 5.84 Å². The van der Waals surface area contributed by atoms with Crippen molar-refractivity contribution in [1.82, 2.24) is 9.97 Å². The number of hydrogen-bond donors (Lipinski definition) is 3. The molecule has 0 radical (unpaired) electrons. The number of nitrogens with two attached hydrogens (primary N) is 1. The van der Waals surface area contributed by atoms with E-state index in [0.717, 1.165) is 15.1 Å². The number of nitrogens with zero attached hydrogens (tertiary/aromatic N) is 2. The first-order valence-corrected chi connectivity index (χ1v) is 7.22. The van der Waals surface area contributed by atoms with Crippen molar-refractivity contribution >= 4 is 50.6 Å². The summed E-state index contributed by atoms with van der Waals surface area (Å²) in [6.07, 6.45) is 0. The number of hydrogen-bond acceptors (Lipinski definition) is 6. The second-order valence-corrected chi connectivity index (χ2v) is 6.07. The average molecular weight is 324 g/mol. The van der Waals surface area contributed by atoms with Crippen molar-refractivity contribution in [3.05, 3.63) is 40.0 Å². The molecule has 2 aromatic heterocycles. The summed E-state index contributed by atoms with van der Waals surface area (Å²) in [6, 6.07) is 6.16. The fourth-order valence-electron chi connectivity index (χ4n) is 1.96. The molecule has 0 spiro atoms. The Morgan fingerprint density at radius 3 is 2.76 bits per heavy atom. The van der Waals surface area contributed by atoms with E-state index in [1.165, 1.54) is 23.5 Å². The van der Waals surface area contributed by atoms with Crippen molar-refractivity contribution in [2.45, 2.75) is 6.92 Å². The third-order valence-corrected chi connectivity index (χ3v) is 3.93. The van der Waals surface area contributed by atoms with E-state index in [0.29, 0.717) is 16.5 Å². The number of rotatable bonds is 3. The summed E-state index contributed by atoms with van der Waals surface area (Å²) in [6.45, 7) is 1.98. The van der Waals surface area contributed by atoms with Gasteiger partial charge in [-0.15, -0.1) is 11.3 Å². The standard InChI is InChI=1S/C13H11ClFN5S/c1-6-2-10-11(18-13(20-16)19-12(10)21-6)17-9-4-7(14)3-8(15)5-9/h2-5H,16H2,1H3,(H2,17,18,19,20). The molecule has 0 aliphatic heterocycles. The molecule has 3 rings (SSSR count). The summed E-state index contributed by atoms with van der Waals surface area (Å²) in [5.41, 5.74) is 2.93. The predicted octanol–water partition coefficient (Wildman–Crippen LogP) is 3.82. The molecule has 0 aliphatic rings. The van der Waals surface area contributed by atoms with Crippen LogP contribution in [0.4, 0.5) is 21.8 Å². The van der Waals surface area contributed by atoms with E-state index in [-0.39, 0.29) is 5.95 Å². The van der Waals surface area contributed by atoms with Crippen molar-refractivity contribution in [2.75, 3.05) is 10.7 Å². The molecule has 0 bridgehead atoms. The average Bonchev–Trinajstić information content (AvgIpc) is 2.78. The highest BCUT2D eigenvalue weighted by atomic mass is 35.5. The third kappa shape index (κ3) is 2.90. The quantitative estimate of drug-likeness (QED) is 0.504. The van der Waals surface area contributed by atoms with Crippen LogP contribution in [-0.4, -0.2) is 9.97 Å². The predicted molar refractivity (Wildman–Crippen MR) is 84.7 cm³/mol. The lowest BCUT2D eigenvalue weighted by Gasteiger charge is -2.09. The van der Waals surface area contributed by atoms with Crippen LogP contribution in [0.15, 0.2) is 24.3 Å². The van der Waals surface area contributed by atoms with Crippen LogP contribution < -0.4 is 16.6 Å². The molecule has 0 atom stereocenters. The van der Waals surface area contributed by atoms with Crippen molar-refractivity contribution in [3.63, 3.8) is 0 Å². The molecular formula is C13H11ClFN5S. The van der Waals surface area contributed by atoms with Gasteiger partial charge in [-0.1, -0.05) is 11.6 Å². The van der Waals surface area contributed by atoms with Gasteiger partial charge in [0.2, 0.25) is 5.95 Å². The molecule has 8 heteroatoms. The summed E-state index contributed by atoms with van der Waals surface area (Å²) < 4.78 is 13.4. The van der Waals surface area contributed by atoms with Crippen molar-refractivity contribution < 1.29 is 4.39 Å². The minimum atomic E-state index is -0.422. The van der Waals surface area contributed by atoms with Gasteiger partial charge in [0.05, 0.1) is 5.39 Å². The van der Waals surface area contributed by atoms with E-state index in [9.17, 15) is 4.39 Å². The van der Waals surface area contributed by atoms with Gasteiger partial charge in [0.15, 0.2) is 0 Å². The second-order valence-electron chi connectivity index (χ2n) is 4.40. The van der Waals surface area contributed by atoms with Crippen LogP contribution in [0.1, 0.15) is 4.88 Å². The maximum absolute atomic E-state index is 13.4. The molecule has 0 aliphatic carbocycles. The largest absolute Gasteiger partial charge is 0.339 e. The van der Waals surface area contributed by atoms with Crippen LogP contribution in [-0.2, 0) is 0 Å². The van der Waals surface area contributed by atoms with E-state index < -0.39 is 5.82 Å². The highest BCUT2D eigenvalue weighted by molar-refractivity contribution is 7.18. The highest BCUT2D eigenvalue weighted by Gasteiger charge is 2.11. The van der Waals surface area contributed by atoms with Gasteiger partial charge in [-0.2, -0.15) is 4.98 Å². The van der Waals surface area contributed by atoms with Crippen molar-refractivity contribution in [3.8, 4) is 0 Å². The van der Waals surface area contributed by atoms with Gasteiger partial charge in [-0.25, -0.2) is 15.2 Å². The Hall–Kier alpha value is -1.96. The third-order valence-electron chi connectivity index (χ3n) is 2.77. The van der Waals surface area contributed by atoms with Gasteiger partial charge < -0.3 is 5.32 Å². The summed E-state index contributed by atoms with van der Waals surface area (Å²) in [5, 5.41) is 4.20. The number of halogens is 2. The molecule has 21 heavy (non-hydrogen) atoms. The first-order chi connectivity index (χ1) is 10.0. The van der Waals surface area contributed by atoms with Crippen LogP contribution in [0.3, 0.4) is 0 Å². The molecule has 0 fully saturated rings. The van der Waals surface area contributed by atoms with Gasteiger partial charge in [-0.3, -0.25) is 5.43 Å². The zero-order valence-electron chi connectivity index (χ0n) is 10.9. The summed E-state index contributed by atoms with van der Waals surface area (Å²) >= 11 is 7.38. The number of aromatic nitrogens is 2. The smallest absolute Gasteiger partial charge is 0.240 e. The lowest BCUT2D eigenvalue weighted by atomic mass is 10.3. The lowest BCUT2D eigenvalue weighted by Crippen LogP contribution is -2.11. The van der Waals surface area contributed by atoms with Gasteiger partial charge >= 0.3 is 0 Å². The van der Waals surface area contributed by atoms with E-state index in [1.54, 1.807) is 6.07 Å². The molecule has 5 nitrogen and oxygen atoms in total. The van der Waals surface area contributed by atoms with Gasteiger partial charge in [0.25, 0.3) is 0 Å². The fraction of sp³-hybridized carbons (Fsp3) is 0.0769. The zero-order valence-corrected chi connectivity index (χ0v) is 12.5. The van der Waals surface area contributed by atoms with Crippen LogP contribution in [0.5, 0.6) is 0 Å². The van der Waals surface area contributed by atoms with E-state index in [2.05, 4.69) is 20.7 Å². The summed E-state index contributed by atoms with van der Waals surface area (Å²) in [5.74, 6) is 5.78. The minimum absolute atomic E-state index is 0.286. The molecule has 3 aromatic rings. The first-order valence-electron chi connectivity index (χ1n) is 6.03. The lowest BCUT2D eigenvalue weighted by molar-refractivity contribution is 0.628. The number of hydrazine groups is 1. The molecule has 108 valence electrons. The van der Waals surface area contributed by atoms with E-state index >= 15 is 0 Å². The zero-order chi connectivity index (χ0) is 15.0. The number of aryl methyl sites for hydroxylation is 1. The second kappa shape index (κ2) is 5.44. The van der Waals surface area contributed by atoms with Crippen LogP contribution in [0.25, 0.3) is 10.2 Å². The van der Waals surface area contributed by atoms with Crippen LogP contribution >= 0.6 is 22.9 Å². The van der Waals surface area contributed by atoms with Crippen LogP contribution in [0, 0.1) is 12.7 Å². The topological polar surface area (TPSA) is 75.9 Å². The Labute approximate surface area is 128 Å². The van der Waals surface area contributed by atoms with Crippen molar-refractivity contribution in [1.29, 1.82) is 0 Å². The number of anilines is 3. The van der Waals surface area contributed by atoms with E-state index in [4.69, 9.17) is 17.4 Å². The number of nitrogen functional groups attached to an aromatic ring is 1. The van der Waals surface area contributed by atoms with E-state index in [1.807, 2.05) is 13.0 Å². The normalized spacial score (nSPS) is 10.9. The van der Waals surface area contributed by atoms with Gasteiger partial charge in [0.1, 0.15) is 16.5 Å². The maximum atomic E-state index is 13.4. The summed E-state index contributed by atoms with van der Waals surface area (Å²) in [4.78, 5) is 10.4. The Morgan fingerprint density at radius 2 is 2.05 bits per heavy atom. The molecular weight excluding hydrogens is 313 g/mol. The monoisotopic (exact) mass is 323 g/mol.